The number of benzene rings is 2. The summed E-state index contributed by atoms with van der Waals surface area (Å²) in [5.41, 5.74) is 0.612. The van der Waals surface area contributed by atoms with Crippen LogP contribution in [0.15, 0.2) is 59.4 Å². The maximum atomic E-state index is 13.5. The molecule has 0 aliphatic carbocycles. The molecule has 0 bridgehead atoms. The summed E-state index contributed by atoms with van der Waals surface area (Å²) in [4.78, 5) is 44.8. The molecule has 0 radical (unpaired) electrons. The summed E-state index contributed by atoms with van der Waals surface area (Å²) in [5.74, 6) is -0.106. The fourth-order valence-corrected chi connectivity index (χ4v) is 4.45. The molecule has 2 saturated heterocycles. The molecule has 2 fully saturated rings. The Labute approximate surface area is 197 Å². The van der Waals surface area contributed by atoms with Gasteiger partial charge in [0, 0.05) is 44.7 Å². The van der Waals surface area contributed by atoms with Crippen LogP contribution in [0.4, 0.5) is 0 Å². The van der Waals surface area contributed by atoms with Crippen LogP contribution in [-0.4, -0.2) is 95.3 Å². The number of aromatic nitrogens is 2. The van der Waals surface area contributed by atoms with Gasteiger partial charge in [0.2, 0.25) is 5.91 Å². The van der Waals surface area contributed by atoms with E-state index in [2.05, 4.69) is 10.00 Å². The van der Waals surface area contributed by atoms with Gasteiger partial charge in [0.1, 0.15) is 0 Å². The number of fused-ring (bicyclic) bond motifs is 1. The molecule has 3 aromatic rings. The van der Waals surface area contributed by atoms with Gasteiger partial charge in [-0.25, -0.2) is 0 Å². The molecule has 9 nitrogen and oxygen atoms in total. The molecule has 5 rings (SSSR count). The molecule has 2 amide bonds. The molecule has 0 unspecified atom stereocenters. The molecule has 0 saturated carbocycles. The summed E-state index contributed by atoms with van der Waals surface area (Å²) in [6, 6.07) is 16.2. The van der Waals surface area contributed by atoms with Crippen LogP contribution >= 0.6 is 0 Å². The summed E-state index contributed by atoms with van der Waals surface area (Å²) >= 11 is 0. The van der Waals surface area contributed by atoms with E-state index in [1.165, 1.54) is 4.68 Å². The third-order valence-electron chi connectivity index (χ3n) is 6.39. The second kappa shape index (κ2) is 9.74. The van der Waals surface area contributed by atoms with Crippen LogP contribution < -0.4 is 5.56 Å². The van der Waals surface area contributed by atoms with E-state index >= 15 is 0 Å². The minimum absolute atomic E-state index is 0.102. The normalized spacial score (nSPS) is 17.2. The SMILES string of the molecule is O=C(CN1CCN(C(=O)c2nn(-c3ccccc3)c(=O)c3ccccc23)CC1)N1CCOCC1. The lowest BCUT2D eigenvalue weighted by Crippen LogP contribution is -2.52. The molecule has 1 aromatic heterocycles. The highest BCUT2D eigenvalue weighted by atomic mass is 16.5. The van der Waals surface area contributed by atoms with E-state index in [9.17, 15) is 14.4 Å². The zero-order chi connectivity index (χ0) is 23.5. The molecular weight excluding hydrogens is 434 g/mol. The topological polar surface area (TPSA) is 88.0 Å². The van der Waals surface area contributed by atoms with Crippen molar-refractivity contribution in [1.29, 1.82) is 0 Å². The summed E-state index contributed by atoms with van der Waals surface area (Å²) < 4.78 is 6.62. The lowest BCUT2D eigenvalue weighted by Gasteiger charge is -2.36. The van der Waals surface area contributed by atoms with Crippen molar-refractivity contribution in [2.45, 2.75) is 0 Å². The first kappa shape index (κ1) is 22.2. The highest BCUT2D eigenvalue weighted by Gasteiger charge is 2.28. The molecule has 0 N–H and O–H groups in total. The lowest BCUT2D eigenvalue weighted by atomic mass is 10.1. The highest BCUT2D eigenvalue weighted by molar-refractivity contribution is 6.04. The third-order valence-corrected chi connectivity index (χ3v) is 6.39. The van der Waals surface area contributed by atoms with Gasteiger partial charge in [0.05, 0.1) is 30.8 Å². The smallest absolute Gasteiger partial charge is 0.279 e. The molecule has 0 atom stereocenters. The van der Waals surface area contributed by atoms with Gasteiger partial charge in [0.25, 0.3) is 11.5 Å². The zero-order valence-corrected chi connectivity index (χ0v) is 18.9. The number of amides is 2. The van der Waals surface area contributed by atoms with Crippen molar-refractivity contribution < 1.29 is 14.3 Å². The Hall–Kier alpha value is -3.56. The molecule has 176 valence electrons. The molecule has 3 heterocycles. The second-order valence-corrected chi connectivity index (χ2v) is 8.51. The Bertz CT molecular complexity index is 1250. The Morgan fingerprint density at radius 1 is 0.794 bits per heavy atom. The van der Waals surface area contributed by atoms with Crippen molar-refractivity contribution in [2.24, 2.45) is 0 Å². The molecule has 9 heteroatoms. The number of hydrogen-bond donors (Lipinski definition) is 0. The summed E-state index contributed by atoms with van der Waals surface area (Å²) in [6.07, 6.45) is 0. The number of nitrogens with zero attached hydrogens (tertiary/aromatic N) is 5. The number of ether oxygens (including phenoxy) is 1. The second-order valence-electron chi connectivity index (χ2n) is 8.51. The number of carbonyl (C=O) groups excluding carboxylic acids is 2. The fourth-order valence-electron chi connectivity index (χ4n) is 4.45. The van der Waals surface area contributed by atoms with Gasteiger partial charge in [-0.1, -0.05) is 36.4 Å². The van der Waals surface area contributed by atoms with Crippen LogP contribution in [0.1, 0.15) is 10.5 Å². The van der Waals surface area contributed by atoms with E-state index in [0.29, 0.717) is 75.5 Å². The van der Waals surface area contributed by atoms with Gasteiger partial charge in [-0.15, -0.1) is 0 Å². The van der Waals surface area contributed by atoms with Crippen molar-refractivity contribution in [3.8, 4) is 5.69 Å². The molecule has 2 aliphatic heterocycles. The van der Waals surface area contributed by atoms with Crippen LogP contribution in [0, 0.1) is 0 Å². The molecule has 2 aliphatic rings. The standard InChI is InChI=1S/C25H27N5O4/c31-22(28-14-16-34-17-15-28)18-27-10-12-29(13-11-27)25(33)23-20-8-4-5-9-21(20)24(32)30(26-23)19-6-2-1-3-7-19/h1-9H,10-18H2. The largest absolute Gasteiger partial charge is 0.378 e. The lowest BCUT2D eigenvalue weighted by molar-refractivity contribution is -0.136. The summed E-state index contributed by atoms with van der Waals surface area (Å²) in [5, 5.41) is 5.51. The number of piperazine rings is 1. The van der Waals surface area contributed by atoms with Crippen molar-refractivity contribution in [3.05, 3.63) is 70.6 Å². The maximum absolute atomic E-state index is 13.5. The minimum Gasteiger partial charge on any atom is -0.378 e. The van der Waals surface area contributed by atoms with E-state index < -0.39 is 0 Å². The van der Waals surface area contributed by atoms with Crippen LogP contribution in [0.2, 0.25) is 0 Å². The van der Waals surface area contributed by atoms with Crippen LogP contribution in [-0.2, 0) is 9.53 Å². The fraction of sp³-hybridized carbons (Fsp3) is 0.360. The van der Waals surface area contributed by atoms with E-state index in [1.54, 1.807) is 35.2 Å². The van der Waals surface area contributed by atoms with Crippen LogP contribution in [0.3, 0.4) is 0 Å². The van der Waals surface area contributed by atoms with Gasteiger partial charge in [-0.2, -0.15) is 9.78 Å². The van der Waals surface area contributed by atoms with Gasteiger partial charge in [-0.05, 0) is 18.2 Å². The predicted octanol–water partition coefficient (Wildman–Crippen LogP) is 1.00. The van der Waals surface area contributed by atoms with Gasteiger partial charge >= 0.3 is 0 Å². The Balaban J connectivity index is 1.34. The van der Waals surface area contributed by atoms with E-state index in [1.807, 2.05) is 29.2 Å². The first-order valence-corrected chi connectivity index (χ1v) is 11.6. The summed E-state index contributed by atoms with van der Waals surface area (Å²) in [7, 11) is 0. The van der Waals surface area contributed by atoms with Crippen LogP contribution in [0.25, 0.3) is 16.5 Å². The quantitative estimate of drug-likeness (QED) is 0.576. The average Bonchev–Trinajstić information content (AvgIpc) is 2.90. The number of morpholine rings is 1. The van der Waals surface area contributed by atoms with Gasteiger partial charge < -0.3 is 14.5 Å². The third kappa shape index (κ3) is 4.44. The minimum atomic E-state index is -0.259. The molecule has 2 aromatic carbocycles. The monoisotopic (exact) mass is 461 g/mol. The first-order chi connectivity index (χ1) is 16.6. The Kier molecular flexibility index (Phi) is 6.37. The Morgan fingerprint density at radius 2 is 1.44 bits per heavy atom. The van der Waals surface area contributed by atoms with E-state index in [-0.39, 0.29) is 23.1 Å². The van der Waals surface area contributed by atoms with Gasteiger partial charge in [-0.3, -0.25) is 19.3 Å². The zero-order valence-electron chi connectivity index (χ0n) is 18.9. The Morgan fingerprint density at radius 3 is 2.15 bits per heavy atom. The number of rotatable bonds is 4. The average molecular weight is 462 g/mol. The number of hydrogen-bond acceptors (Lipinski definition) is 6. The predicted molar refractivity (Wildman–Crippen MR) is 127 cm³/mol. The maximum Gasteiger partial charge on any atom is 0.279 e. The van der Waals surface area contributed by atoms with Crippen molar-refractivity contribution in [1.82, 2.24) is 24.5 Å². The molecular formula is C25H27N5O4. The number of carbonyl (C=O) groups is 2. The molecule has 0 spiro atoms. The highest BCUT2D eigenvalue weighted by Crippen LogP contribution is 2.18. The number of para-hydroxylation sites is 1. The van der Waals surface area contributed by atoms with Crippen LogP contribution in [0.5, 0.6) is 0 Å². The van der Waals surface area contributed by atoms with Crippen molar-refractivity contribution in [2.75, 3.05) is 59.0 Å². The summed E-state index contributed by atoms with van der Waals surface area (Å²) in [6.45, 7) is 4.99. The molecule has 34 heavy (non-hydrogen) atoms. The van der Waals surface area contributed by atoms with E-state index in [4.69, 9.17) is 4.74 Å². The van der Waals surface area contributed by atoms with E-state index in [0.717, 1.165) is 0 Å². The van der Waals surface area contributed by atoms with Crippen molar-refractivity contribution in [3.63, 3.8) is 0 Å². The van der Waals surface area contributed by atoms with Gasteiger partial charge in [0.15, 0.2) is 5.69 Å². The first-order valence-electron chi connectivity index (χ1n) is 11.6. The van der Waals surface area contributed by atoms with Crippen molar-refractivity contribution >= 4 is 22.6 Å².